The Labute approximate surface area is 221 Å². The van der Waals surface area contributed by atoms with Crippen molar-refractivity contribution in [2.45, 2.75) is 4.90 Å². The van der Waals surface area contributed by atoms with E-state index in [1.165, 1.54) is 50.8 Å². The van der Waals surface area contributed by atoms with Crippen LogP contribution in [0.1, 0.15) is 5.56 Å². The molecule has 0 spiro atoms. The Hall–Kier alpha value is -4.02. The van der Waals surface area contributed by atoms with Gasteiger partial charge in [0, 0.05) is 0 Å². The van der Waals surface area contributed by atoms with Gasteiger partial charge in [0.1, 0.15) is 18.9 Å². The van der Waals surface area contributed by atoms with Crippen LogP contribution in [-0.2, 0) is 14.8 Å². The summed E-state index contributed by atoms with van der Waals surface area (Å²) < 4.78 is 43.7. The number of amides is 1. The van der Waals surface area contributed by atoms with Gasteiger partial charge in [-0.25, -0.2) is 13.8 Å². The molecule has 3 rings (SSSR count). The Bertz CT molecular complexity index is 1380. The average Bonchev–Trinajstić information content (AvgIpc) is 2.91. The third-order valence-corrected chi connectivity index (χ3v) is 7.07. The molecule has 0 atom stereocenters. The molecule has 0 aliphatic carbocycles. The van der Waals surface area contributed by atoms with Gasteiger partial charge in [0.25, 0.3) is 15.9 Å². The maximum Gasteiger partial charge on any atom is 0.264 e. The normalized spacial score (nSPS) is 11.1. The number of hydrazone groups is 1. The Balaban J connectivity index is 1.81. The second-order valence-electron chi connectivity index (χ2n) is 7.45. The van der Waals surface area contributed by atoms with Gasteiger partial charge in [0.05, 0.1) is 36.0 Å². The highest BCUT2D eigenvalue weighted by Crippen LogP contribution is 2.32. The number of ether oxygens (including phenoxy) is 3. The fraction of sp³-hybridized carbons (Fsp3) is 0.154. The molecule has 0 heterocycles. The van der Waals surface area contributed by atoms with Crippen molar-refractivity contribution in [3.8, 4) is 17.2 Å². The summed E-state index contributed by atoms with van der Waals surface area (Å²) in [6, 6.07) is 17.3. The monoisotopic (exact) mass is 543 g/mol. The Kier molecular flexibility index (Phi) is 9.53. The summed E-state index contributed by atoms with van der Waals surface area (Å²) in [5.74, 6) is 0.714. The first-order valence-electron chi connectivity index (χ1n) is 10.9. The van der Waals surface area contributed by atoms with Crippen LogP contribution in [0.15, 0.2) is 89.4 Å². The molecular formula is C26H26ClN3O6S. The van der Waals surface area contributed by atoms with Crippen molar-refractivity contribution in [2.75, 3.05) is 31.7 Å². The zero-order valence-corrected chi connectivity index (χ0v) is 21.8. The summed E-state index contributed by atoms with van der Waals surface area (Å²) in [7, 11) is -1.15. The highest BCUT2D eigenvalue weighted by atomic mass is 35.5. The van der Waals surface area contributed by atoms with Crippen molar-refractivity contribution in [3.63, 3.8) is 0 Å². The summed E-state index contributed by atoms with van der Waals surface area (Å²) in [5.41, 5.74) is 3.17. The molecule has 0 unspecified atom stereocenters. The lowest BCUT2D eigenvalue weighted by Gasteiger charge is -2.24. The lowest BCUT2D eigenvalue weighted by Crippen LogP contribution is -2.39. The van der Waals surface area contributed by atoms with E-state index in [0.717, 1.165) is 4.31 Å². The number of nitrogens with one attached hydrogen (secondary N) is 1. The van der Waals surface area contributed by atoms with E-state index < -0.39 is 22.5 Å². The van der Waals surface area contributed by atoms with Crippen molar-refractivity contribution >= 4 is 39.4 Å². The molecule has 1 amide bonds. The quantitative estimate of drug-likeness (QED) is 0.208. The predicted molar refractivity (Wildman–Crippen MR) is 143 cm³/mol. The number of hydrogen-bond donors (Lipinski definition) is 1. The molecular weight excluding hydrogens is 518 g/mol. The first-order valence-corrected chi connectivity index (χ1v) is 12.8. The molecule has 0 saturated heterocycles. The molecule has 37 heavy (non-hydrogen) atoms. The van der Waals surface area contributed by atoms with Crippen molar-refractivity contribution in [1.29, 1.82) is 0 Å². The van der Waals surface area contributed by atoms with E-state index in [1.807, 2.05) is 0 Å². The second-order valence-corrected chi connectivity index (χ2v) is 9.72. The molecule has 3 aromatic rings. The van der Waals surface area contributed by atoms with Crippen LogP contribution in [0.25, 0.3) is 0 Å². The van der Waals surface area contributed by atoms with Crippen molar-refractivity contribution in [2.24, 2.45) is 5.10 Å². The van der Waals surface area contributed by atoms with Crippen molar-refractivity contribution in [1.82, 2.24) is 5.43 Å². The fourth-order valence-corrected chi connectivity index (χ4v) is 4.91. The number of nitrogens with zero attached hydrogens (tertiary/aromatic N) is 2. The van der Waals surface area contributed by atoms with Gasteiger partial charge < -0.3 is 14.2 Å². The van der Waals surface area contributed by atoms with Crippen LogP contribution in [-0.4, -0.2) is 47.9 Å². The lowest BCUT2D eigenvalue weighted by molar-refractivity contribution is -0.119. The topological polar surface area (TPSA) is 107 Å². The molecule has 0 bridgehead atoms. The summed E-state index contributed by atoms with van der Waals surface area (Å²) in [6.07, 6.45) is 3.02. The SMILES string of the molecule is C=CCOc1ccc(/C=N\NC(=O)CN(c2ccc(OC)c(Cl)c2)S(=O)(=O)c2ccccc2)cc1OC. The predicted octanol–water partition coefficient (Wildman–Crippen LogP) is 4.27. The smallest absolute Gasteiger partial charge is 0.264 e. The van der Waals surface area contributed by atoms with Gasteiger partial charge in [-0.05, 0) is 54.1 Å². The number of carbonyl (C=O) groups excluding carboxylic acids is 1. The number of benzene rings is 3. The summed E-state index contributed by atoms with van der Waals surface area (Å²) in [4.78, 5) is 12.8. The number of hydrogen-bond acceptors (Lipinski definition) is 7. The highest BCUT2D eigenvalue weighted by molar-refractivity contribution is 7.92. The summed E-state index contributed by atoms with van der Waals surface area (Å²) >= 11 is 6.23. The van der Waals surface area contributed by atoms with Crippen LogP contribution in [0.2, 0.25) is 5.02 Å². The number of sulfonamides is 1. The van der Waals surface area contributed by atoms with E-state index in [1.54, 1.807) is 42.5 Å². The zero-order valence-electron chi connectivity index (χ0n) is 20.3. The van der Waals surface area contributed by atoms with E-state index in [-0.39, 0.29) is 15.6 Å². The van der Waals surface area contributed by atoms with E-state index >= 15 is 0 Å². The zero-order chi connectivity index (χ0) is 26.8. The number of halogens is 1. The van der Waals surface area contributed by atoms with E-state index in [0.29, 0.717) is 29.4 Å². The molecule has 0 fully saturated rings. The van der Waals surface area contributed by atoms with Gasteiger partial charge in [-0.15, -0.1) is 0 Å². The maximum atomic E-state index is 13.4. The van der Waals surface area contributed by atoms with Gasteiger partial charge in [0.15, 0.2) is 11.5 Å². The van der Waals surface area contributed by atoms with E-state index in [9.17, 15) is 13.2 Å². The largest absolute Gasteiger partial charge is 0.495 e. The standard InChI is InChI=1S/C26H26ClN3O6S/c1-4-14-36-24-12-10-19(15-25(24)35-3)17-28-29-26(31)18-30(20-11-13-23(34-2)22(27)16-20)37(32,33)21-8-6-5-7-9-21/h4-13,15-17H,1,14,18H2,2-3H3,(H,29,31)/b28-17-. The molecule has 3 aromatic carbocycles. The van der Waals surface area contributed by atoms with Crippen LogP contribution in [0.4, 0.5) is 5.69 Å². The molecule has 0 aromatic heterocycles. The van der Waals surface area contributed by atoms with Gasteiger partial charge in [0.2, 0.25) is 0 Å². The Morgan fingerprint density at radius 1 is 1.03 bits per heavy atom. The van der Waals surface area contributed by atoms with E-state index in [2.05, 4.69) is 17.1 Å². The molecule has 1 N–H and O–H groups in total. The second kappa shape index (κ2) is 12.8. The van der Waals surface area contributed by atoms with Gasteiger partial charge in [-0.3, -0.25) is 9.10 Å². The minimum absolute atomic E-state index is 0.0177. The first-order chi connectivity index (χ1) is 17.8. The van der Waals surface area contributed by atoms with Gasteiger partial charge in [-0.1, -0.05) is 42.5 Å². The van der Waals surface area contributed by atoms with Crippen LogP contribution < -0.4 is 23.9 Å². The molecule has 9 nitrogen and oxygen atoms in total. The fourth-order valence-electron chi connectivity index (χ4n) is 3.22. The third kappa shape index (κ3) is 7.02. The molecule has 0 aliphatic heterocycles. The number of carbonyl (C=O) groups is 1. The maximum absolute atomic E-state index is 13.4. The molecule has 11 heteroatoms. The Morgan fingerprint density at radius 2 is 1.73 bits per heavy atom. The van der Waals surface area contributed by atoms with Gasteiger partial charge in [-0.2, -0.15) is 5.10 Å². The first kappa shape index (κ1) is 27.6. The van der Waals surface area contributed by atoms with Crippen LogP contribution >= 0.6 is 11.6 Å². The van der Waals surface area contributed by atoms with Crippen molar-refractivity contribution in [3.05, 3.63) is 90.0 Å². The van der Waals surface area contributed by atoms with E-state index in [4.69, 9.17) is 25.8 Å². The molecule has 0 saturated carbocycles. The summed E-state index contributed by atoms with van der Waals surface area (Å²) in [5, 5.41) is 4.15. The van der Waals surface area contributed by atoms with Crippen molar-refractivity contribution < 1.29 is 27.4 Å². The molecule has 194 valence electrons. The average molecular weight is 544 g/mol. The molecule has 0 aliphatic rings. The Morgan fingerprint density at radius 3 is 2.38 bits per heavy atom. The van der Waals surface area contributed by atoms with Crippen LogP contribution in [0.3, 0.4) is 0 Å². The van der Waals surface area contributed by atoms with Gasteiger partial charge >= 0.3 is 0 Å². The summed E-state index contributed by atoms with van der Waals surface area (Å²) in [6.45, 7) is 3.38. The minimum Gasteiger partial charge on any atom is -0.495 e. The molecule has 0 radical (unpaired) electrons. The third-order valence-electron chi connectivity index (χ3n) is 4.99. The number of rotatable bonds is 12. The van der Waals surface area contributed by atoms with Crippen LogP contribution in [0, 0.1) is 0 Å². The minimum atomic E-state index is -4.10. The number of methoxy groups -OCH3 is 2. The highest BCUT2D eigenvalue weighted by Gasteiger charge is 2.27. The lowest BCUT2D eigenvalue weighted by atomic mass is 10.2. The number of anilines is 1. The van der Waals surface area contributed by atoms with Crippen LogP contribution in [0.5, 0.6) is 17.2 Å².